The van der Waals surface area contributed by atoms with E-state index in [0.717, 1.165) is 38.5 Å². The summed E-state index contributed by atoms with van der Waals surface area (Å²) in [4.78, 5) is 25.4. The van der Waals surface area contributed by atoms with E-state index < -0.39 is 15.7 Å². The molecule has 3 aromatic rings. The first kappa shape index (κ1) is 44.2. The third-order valence-corrected chi connectivity index (χ3v) is 12.1. The van der Waals surface area contributed by atoms with Crippen molar-refractivity contribution < 1.29 is 31.7 Å². The number of hydrogen-bond acceptors (Lipinski definition) is 7. The molecule has 3 aromatic carbocycles. The summed E-state index contributed by atoms with van der Waals surface area (Å²) in [6, 6.07) is 20.4. The fourth-order valence-corrected chi connectivity index (χ4v) is 8.98. The second-order valence-corrected chi connectivity index (χ2v) is 16.8. The van der Waals surface area contributed by atoms with E-state index in [1.165, 1.54) is 103 Å². The highest BCUT2D eigenvalue weighted by atomic mass is 32.2. The van der Waals surface area contributed by atoms with Crippen molar-refractivity contribution in [2.45, 2.75) is 178 Å². The van der Waals surface area contributed by atoms with Gasteiger partial charge >= 0.3 is 11.9 Å². The molecule has 55 heavy (non-hydrogen) atoms. The van der Waals surface area contributed by atoms with Crippen LogP contribution in [0.15, 0.2) is 77.7 Å². The lowest BCUT2D eigenvalue weighted by molar-refractivity contribution is -0.135. The van der Waals surface area contributed by atoms with Crippen LogP contribution in [-0.4, -0.2) is 20.4 Å². The number of benzene rings is 3. The molecule has 4 rings (SSSR count). The van der Waals surface area contributed by atoms with Crippen LogP contribution in [0.5, 0.6) is 11.5 Å². The number of hydrogen-bond donors (Lipinski definition) is 0. The Morgan fingerprint density at radius 3 is 1.22 bits per heavy atom. The predicted octanol–water partition coefficient (Wildman–Crippen LogP) is 12.9. The van der Waals surface area contributed by atoms with E-state index in [1.54, 1.807) is 72.8 Å². The van der Waals surface area contributed by atoms with Crippen molar-refractivity contribution in [2.24, 2.45) is 0 Å². The third-order valence-electron chi connectivity index (χ3n) is 10.7. The maximum absolute atomic E-state index is 13.4. The smallest absolute Gasteiger partial charge is 0.311 e. The van der Waals surface area contributed by atoms with Gasteiger partial charge in [-0.2, -0.15) is 8.42 Å². The Morgan fingerprint density at radius 2 is 0.836 bits per heavy atom. The minimum Gasteiger partial charge on any atom is -0.427 e. The van der Waals surface area contributed by atoms with Crippen molar-refractivity contribution >= 4 is 22.1 Å². The molecule has 0 N–H and O–H groups in total. The van der Waals surface area contributed by atoms with Gasteiger partial charge in [0.1, 0.15) is 16.4 Å². The molecule has 0 atom stereocenters. The molecule has 0 aromatic heterocycles. The first-order chi connectivity index (χ1) is 26.8. The van der Waals surface area contributed by atoms with Gasteiger partial charge in [-0.1, -0.05) is 185 Å². The molecule has 1 aliphatic heterocycles. The van der Waals surface area contributed by atoms with Gasteiger partial charge in [-0.3, -0.25) is 9.59 Å². The van der Waals surface area contributed by atoms with Gasteiger partial charge in [-0.25, -0.2) is 4.18 Å². The quantitative estimate of drug-likeness (QED) is 0.0314. The average molecular weight is 775 g/mol. The van der Waals surface area contributed by atoms with E-state index in [4.69, 9.17) is 13.7 Å². The molecular formula is C47H66O7S. The summed E-state index contributed by atoms with van der Waals surface area (Å²) < 4.78 is 44.1. The van der Waals surface area contributed by atoms with Crippen molar-refractivity contribution in [3.8, 4) is 11.5 Å². The maximum atomic E-state index is 13.4. The number of carbonyl (C=O) groups is 2. The lowest BCUT2D eigenvalue weighted by Gasteiger charge is -2.29. The van der Waals surface area contributed by atoms with E-state index >= 15 is 0 Å². The molecule has 0 radical (unpaired) electrons. The number of rotatable bonds is 28. The third kappa shape index (κ3) is 14.2. The second kappa shape index (κ2) is 24.2. The van der Waals surface area contributed by atoms with Crippen LogP contribution in [0.3, 0.4) is 0 Å². The Bertz CT molecular complexity index is 1580. The van der Waals surface area contributed by atoms with Crippen LogP contribution in [0, 0.1) is 0 Å². The zero-order valence-corrected chi connectivity index (χ0v) is 34.5. The summed E-state index contributed by atoms with van der Waals surface area (Å²) in [7, 11) is -4.09. The summed E-state index contributed by atoms with van der Waals surface area (Å²) in [5.74, 6) is 0.219. The largest absolute Gasteiger partial charge is 0.427 e. The van der Waals surface area contributed by atoms with E-state index in [9.17, 15) is 18.0 Å². The van der Waals surface area contributed by atoms with Gasteiger partial charge < -0.3 is 9.47 Å². The molecule has 1 aliphatic rings. The Morgan fingerprint density at radius 1 is 0.491 bits per heavy atom. The fraction of sp³-hybridized carbons (Fsp3) is 0.574. The van der Waals surface area contributed by atoms with Gasteiger partial charge in [0.15, 0.2) is 5.60 Å². The van der Waals surface area contributed by atoms with Crippen LogP contribution in [0.25, 0.3) is 0 Å². The standard InChI is InChI=1S/C47H66O7S/c1-3-5-7-9-11-13-15-17-19-21-23-29-45(48)52-41-35-31-39(32-36-41)47(43-27-25-26-28-44(43)55(50,51)54-47)40-33-37-42(38-34-40)53-46(49)30-24-22-20-18-16-14-12-10-8-6-4-2/h25-28,31-38H,3-24,29-30H2,1-2H3. The summed E-state index contributed by atoms with van der Waals surface area (Å²) in [6.45, 7) is 4.48. The molecule has 0 spiro atoms. The average Bonchev–Trinajstić information content (AvgIpc) is 3.44. The molecule has 0 fully saturated rings. The predicted molar refractivity (Wildman–Crippen MR) is 221 cm³/mol. The molecule has 8 heteroatoms. The SMILES string of the molecule is CCCCCCCCCCCCCC(=O)Oc1ccc(C2(c3ccc(OC(=O)CCCCCCCCCCCCC)cc3)OS(=O)(=O)c3ccccc32)cc1. The first-order valence-electron chi connectivity index (χ1n) is 21.5. The minimum absolute atomic E-state index is 0.0972. The van der Waals surface area contributed by atoms with E-state index in [0.29, 0.717) is 41.0 Å². The fourth-order valence-electron chi connectivity index (χ4n) is 7.55. The summed E-state index contributed by atoms with van der Waals surface area (Å²) in [5.41, 5.74) is 0.128. The molecule has 0 amide bonds. The maximum Gasteiger partial charge on any atom is 0.311 e. The molecule has 7 nitrogen and oxygen atoms in total. The van der Waals surface area contributed by atoms with Crippen molar-refractivity contribution in [2.75, 3.05) is 0 Å². The topological polar surface area (TPSA) is 96.0 Å². The summed E-state index contributed by atoms with van der Waals surface area (Å²) in [5, 5.41) is 0. The molecular weight excluding hydrogens is 709 g/mol. The van der Waals surface area contributed by atoms with Crippen molar-refractivity contribution in [3.63, 3.8) is 0 Å². The number of carbonyl (C=O) groups excluding carboxylic acids is 2. The lowest BCUT2D eigenvalue weighted by atomic mass is 9.80. The molecule has 1 heterocycles. The van der Waals surface area contributed by atoms with Gasteiger partial charge in [-0.05, 0) is 54.3 Å². The van der Waals surface area contributed by atoms with Gasteiger partial charge in [0, 0.05) is 18.4 Å². The lowest BCUT2D eigenvalue weighted by Crippen LogP contribution is -2.29. The Labute approximate surface area is 332 Å². The molecule has 0 aliphatic carbocycles. The normalized spacial score (nSPS) is 14.1. The van der Waals surface area contributed by atoms with Crippen molar-refractivity contribution in [1.29, 1.82) is 0 Å². The first-order valence-corrected chi connectivity index (χ1v) is 22.9. The van der Waals surface area contributed by atoms with Crippen LogP contribution < -0.4 is 9.47 Å². The van der Waals surface area contributed by atoms with Crippen LogP contribution in [0.2, 0.25) is 0 Å². The Hall–Kier alpha value is -3.49. The van der Waals surface area contributed by atoms with Gasteiger partial charge in [-0.15, -0.1) is 0 Å². The van der Waals surface area contributed by atoms with E-state index in [2.05, 4.69) is 13.8 Å². The highest BCUT2D eigenvalue weighted by Gasteiger charge is 2.51. The number of ether oxygens (including phenoxy) is 2. The monoisotopic (exact) mass is 774 g/mol. The zero-order chi connectivity index (χ0) is 39.2. The number of unbranched alkanes of at least 4 members (excludes halogenated alkanes) is 20. The minimum atomic E-state index is -4.09. The van der Waals surface area contributed by atoms with Crippen LogP contribution in [0.1, 0.15) is 185 Å². The Balaban J connectivity index is 1.29. The molecule has 0 bridgehead atoms. The number of fused-ring (bicyclic) bond motifs is 1. The second-order valence-electron chi connectivity index (χ2n) is 15.3. The Kier molecular flexibility index (Phi) is 19.5. The van der Waals surface area contributed by atoms with E-state index in [-0.39, 0.29) is 16.8 Å². The van der Waals surface area contributed by atoms with Gasteiger partial charge in [0.05, 0.1) is 0 Å². The molecule has 0 saturated carbocycles. The van der Waals surface area contributed by atoms with Gasteiger partial charge in [0.25, 0.3) is 10.1 Å². The number of esters is 2. The zero-order valence-electron chi connectivity index (χ0n) is 33.7. The molecule has 0 saturated heterocycles. The van der Waals surface area contributed by atoms with Crippen molar-refractivity contribution in [3.05, 3.63) is 89.5 Å². The molecule has 302 valence electrons. The summed E-state index contributed by atoms with van der Waals surface area (Å²) >= 11 is 0. The summed E-state index contributed by atoms with van der Waals surface area (Å²) in [6.07, 6.45) is 27.4. The highest BCUT2D eigenvalue weighted by molar-refractivity contribution is 7.87. The van der Waals surface area contributed by atoms with Crippen LogP contribution >= 0.6 is 0 Å². The molecule has 0 unspecified atom stereocenters. The van der Waals surface area contributed by atoms with E-state index in [1.807, 2.05) is 0 Å². The van der Waals surface area contributed by atoms with Crippen molar-refractivity contribution in [1.82, 2.24) is 0 Å². The van der Waals surface area contributed by atoms with Crippen LogP contribution in [-0.2, 0) is 29.5 Å². The highest BCUT2D eigenvalue weighted by Crippen LogP contribution is 2.50. The van der Waals surface area contributed by atoms with Gasteiger partial charge in [0.2, 0.25) is 0 Å². The van der Waals surface area contributed by atoms with Crippen LogP contribution in [0.4, 0.5) is 0 Å².